The Morgan fingerprint density at radius 3 is 2.58 bits per heavy atom. The van der Waals surface area contributed by atoms with Crippen molar-refractivity contribution in [3.8, 4) is 0 Å². The minimum absolute atomic E-state index is 0.150. The predicted molar refractivity (Wildman–Crippen MR) is 44.0 cm³/mol. The lowest BCUT2D eigenvalue weighted by Crippen LogP contribution is -2.38. The smallest absolute Gasteiger partial charge is 0.237 e. The molecule has 0 bridgehead atoms. The van der Waals surface area contributed by atoms with Crippen LogP contribution < -0.4 is 5.73 Å². The fourth-order valence-electron chi connectivity index (χ4n) is 1.03. The first-order valence-electron chi connectivity index (χ1n) is 3.40. The van der Waals surface area contributed by atoms with E-state index in [4.69, 9.17) is 5.73 Å². The van der Waals surface area contributed by atoms with Gasteiger partial charge in [0.2, 0.25) is 17.7 Å². The van der Waals surface area contributed by atoms with Gasteiger partial charge in [-0.2, -0.15) is 0 Å². The van der Waals surface area contributed by atoms with Crippen molar-refractivity contribution >= 4 is 27.0 Å². The summed E-state index contributed by atoms with van der Waals surface area (Å²) in [5.74, 6) is -1.35. The Balaban J connectivity index is 2.70. The second kappa shape index (κ2) is 3.19. The molecule has 2 N–H and O–H groups in total. The Morgan fingerprint density at radius 1 is 1.67 bits per heavy atom. The summed E-state index contributed by atoms with van der Waals surface area (Å²) in [4.78, 5) is 33.5. The van der Waals surface area contributed by atoms with E-state index in [0.717, 1.165) is 4.90 Å². The standard InChI is InChI=1S/C6H9N2O3P/c7-4(9)2-8-5(10)1-3(12)6(8)11/h3H,1-2,12H2,(H2,7,9). The van der Waals surface area contributed by atoms with E-state index < -0.39 is 11.6 Å². The van der Waals surface area contributed by atoms with Crippen molar-refractivity contribution in [2.24, 2.45) is 5.73 Å². The van der Waals surface area contributed by atoms with Gasteiger partial charge in [0, 0.05) is 6.42 Å². The van der Waals surface area contributed by atoms with Crippen LogP contribution in [0.4, 0.5) is 0 Å². The molecule has 3 amide bonds. The van der Waals surface area contributed by atoms with Crippen LogP contribution in [-0.4, -0.2) is 34.8 Å². The lowest BCUT2D eigenvalue weighted by molar-refractivity contribution is -0.141. The second-order valence-corrected chi connectivity index (χ2v) is 3.40. The second-order valence-electron chi connectivity index (χ2n) is 2.60. The van der Waals surface area contributed by atoms with Crippen molar-refractivity contribution in [1.29, 1.82) is 0 Å². The molecule has 1 aliphatic rings. The van der Waals surface area contributed by atoms with Gasteiger partial charge in [0.05, 0.1) is 5.66 Å². The van der Waals surface area contributed by atoms with E-state index in [1.54, 1.807) is 0 Å². The highest BCUT2D eigenvalue weighted by Gasteiger charge is 2.36. The van der Waals surface area contributed by atoms with Crippen LogP contribution in [0.5, 0.6) is 0 Å². The maximum atomic E-state index is 11.1. The van der Waals surface area contributed by atoms with Crippen molar-refractivity contribution < 1.29 is 14.4 Å². The molecule has 0 aromatic carbocycles. The Kier molecular flexibility index (Phi) is 2.43. The molecular weight excluding hydrogens is 179 g/mol. The van der Waals surface area contributed by atoms with E-state index in [2.05, 4.69) is 9.24 Å². The van der Waals surface area contributed by atoms with Crippen LogP contribution in [-0.2, 0) is 14.4 Å². The molecule has 12 heavy (non-hydrogen) atoms. The largest absolute Gasteiger partial charge is 0.368 e. The van der Waals surface area contributed by atoms with Gasteiger partial charge in [-0.3, -0.25) is 19.3 Å². The lowest BCUT2D eigenvalue weighted by Gasteiger charge is -2.10. The summed E-state index contributed by atoms with van der Waals surface area (Å²) >= 11 is 0. The van der Waals surface area contributed by atoms with E-state index in [-0.39, 0.29) is 24.8 Å². The van der Waals surface area contributed by atoms with E-state index in [1.165, 1.54) is 0 Å². The van der Waals surface area contributed by atoms with E-state index in [0.29, 0.717) is 0 Å². The number of carbonyl (C=O) groups is 3. The number of primary amides is 1. The lowest BCUT2D eigenvalue weighted by atomic mass is 10.4. The monoisotopic (exact) mass is 188 g/mol. The molecule has 6 heteroatoms. The zero-order valence-electron chi connectivity index (χ0n) is 6.32. The highest BCUT2D eigenvalue weighted by molar-refractivity contribution is 7.19. The SMILES string of the molecule is NC(=O)CN1C(=O)CC(P)C1=O. The van der Waals surface area contributed by atoms with Crippen molar-refractivity contribution in [2.75, 3.05) is 6.54 Å². The fourth-order valence-corrected chi connectivity index (χ4v) is 1.41. The van der Waals surface area contributed by atoms with Crippen molar-refractivity contribution in [1.82, 2.24) is 4.90 Å². The number of nitrogens with two attached hydrogens (primary N) is 1. The average molecular weight is 188 g/mol. The van der Waals surface area contributed by atoms with Gasteiger partial charge in [-0.25, -0.2) is 0 Å². The number of hydrogen-bond acceptors (Lipinski definition) is 3. The van der Waals surface area contributed by atoms with Crippen LogP contribution in [0.25, 0.3) is 0 Å². The minimum atomic E-state index is -0.671. The summed E-state index contributed by atoms with van der Waals surface area (Å²) in [5.41, 5.74) is 4.46. The van der Waals surface area contributed by atoms with Gasteiger partial charge in [-0.1, -0.05) is 0 Å². The van der Waals surface area contributed by atoms with Crippen molar-refractivity contribution in [3.05, 3.63) is 0 Å². The van der Waals surface area contributed by atoms with Crippen LogP contribution in [0.3, 0.4) is 0 Å². The van der Waals surface area contributed by atoms with Gasteiger partial charge >= 0.3 is 0 Å². The molecular formula is C6H9N2O3P. The number of rotatable bonds is 2. The molecule has 1 saturated heterocycles. The minimum Gasteiger partial charge on any atom is -0.368 e. The third-order valence-corrected chi connectivity index (χ3v) is 2.11. The molecule has 0 aliphatic carbocycles. The van der Waals surface area contributed by atoms with Gasteiger partial charge in [0.15, 0.2) is 0 Å². The number of hydrogen-bond donors (Lipinski definition) is 1. The molecule has 0 saturated carbocycles. The Labute approximate surface area is 71.5 Å². The summed E-state index contributed by atoms with van der Waals surface area (Å²) in [6.07, 6.45) is 0.150. The Morgan fingerprint density at radius 2 is 2.25 bits per heavy atom. The summed E-state index contributed by atoms with van der Waals surface area (Å²) < 4.78 is 0. The van der Waals surface area contributed by atoms with Crippen molar-refractivity contribution in [3.63, 3.8) is 0 Å². The highest BCUT2D eigenvalue weighted by Crippen LogP contribution is 2.19. The fraction of sp³-hybridized carbons (Fsp3) is 0.500. The van der Waals surface area contributed by atoms with E-state index >= 15 is 0 Å². The third-order valence-electron chi connectivity index (χ3n) is 1.59. The van der Waals surface area contributed by atoms with Gasteiger partial charge in [0.25, 0.3) is 0 Å². The van der Waals surface area contributed by atoms with Crippen LogP contribution in [0.15, 0.2) is 0 Å². The maximum absolute atomic E-state index is 11.1. The highest BCUT2D eigenvalue weighted by atomic mass is 31.0. The summed E-state index contributed by atoms with van der Waals surface area (Å²) in [6, 6.07) is 0. The number of likely N-dealkylation sites (tertiary alicyclic amines) is 1. The normalized spacial score (nSPS) is 23.4. The Bertz CT molecular complexity index is 253. The molecule has 1 heterocycles. The molecule has 1 fully saturated rings. The summed E-state index contributed by atoms with van der Waals surface area (Å²) in [6.45, 7) is -0.303. The quantitative estimate of drug-likeness (QED) is 0.422. The Hall–Kier alpha value is -0.960. The number of amides is 3. The van der Waals surface area contributed by atoms with Gasteiger partial charge in [-0.15, -0.1) is 9.24 Å². The zero-order chi connectivity index (χ0) is 9.30. The first kappa shape index (κ1) is 9.13. The van der Waals surface area contributed by atoms with Crippen LogP contribution in [0, 0.1) is 0 Å². The summed E-state index contributed by atoms with van der Waals surface area (Å²) in [5, 5.41) is 0. The molecule has 5 nitrogen and oxygen atoms in total. The molecule has 66 valence electrons. The molecule has 0 aromatic heterocycles. The molecule has 1 rings (SSSR count). The first-order chi connectivity index (χ1) is 5.52. The summed E-state index contributed by atoms with van der Waals surface area (Å²) in [7, 11) is 2.26. The molecule has 0 spiro atoms. The number of carbonyl (C=O) groups excluding carboxylic acids is 3. The van der Waals surface area contributed by atoms with Gasteiger partial charge < -0.3 is 5.73 Å². The molecule has 1 aliphatic heterocycles. The average Bonchev–Trinajstić information content (AvgIpc) is 2.16. The van der Waals surface area contributed by atoms with Crippen LogP contribution >= 0.6 is 9.24 Å². The van der Waals surface area contributed by atoms with Gasteiger partial charge in [-0.05, 0) is 0 Å². The van der Waals surface area contributed by atoms with Crippen LogP contribution in [0.2, 0.25) is 0 Å². The third kappa shape index (κ3) is 1.61. The van der Waals surface area contributed by atoms with Gasteiger partial charge in [0.1, 0.15) is 6.54 Å². The molecule has 0 radical (unpaired) electrons. The first-order valence-corrected chi connectivity index (χ1v) is 4.07. The number of imide groups is 1. The zero-order valence-corrected chi connectivity index (χ0v) is 7.47. The molecule has 2 atom stereocenters. The van der Waals surface area contributed by atoms with E-state index in [9.17, 15) is 14.4 Å². The topological polar surface area (TPSA) is 80.5 Å². The predicted octanol–water partition coefficient (Wildman–Crippen LogP) is -1.53. The van der Waals surface area contributed by atoms with Crippen LogP contribution in [0.1, 0.15) is 6.42 Å². The molecule has 2 unspecified atom stereocenters. The number of nitrogens with zero attached hydrogens (tertiary/aromatic N) is 1. The van der Waals surface area contributed by atoms with E-state index in [1.807, 2.05) is 0 Å². The molecule has 0 aromatic rings. The maximum Gasteiger partial charge on any atom is 0.237 e. The van der Waals surface area contributed by atoms with Crippen molar-refractivity contribution in [2.45, 2.75) is 12.1 Å².